The summed E-state index contributed by atoms with van der Waals surface area (Å²) in [6, 6.07) is -1.12. The van der Waals surface area contributed by atoms with Crippen molar-refractivity contribution in [1.29, 1.82) is 0 Å². The van der Waals surface area contributed by atoms with Gasteiger partial charge in [0.1, 0.15) is 24.2 Å². The molecule has 20 atom stereocenters. The zero-order valence-electron chi connectivity index (χ0n) is 38.5. The van der Waals surface area contributed by atoms with Gasteiger partial charge in [-0.25, -0.2) is 0 Å². The fourth-order valence-corrected chi connectivity index (χ4v) is 7.98. The number of ether oxygens (including phenoxy) is 5. The van der Waals surface area contributed by atoms with Gasteiger partial charge in [0, 0.05) is 31.1 Å². The molecule has 0 aromatic heterocycles. The van der Waals surface area contributed by atoms with E-state index in [9.17, 15) is 60.7 Å². The van der Waals surface area contributed by atoms with Crippen molar-refractivity contribution in [2.45, 2.75) is 177 Å². The van der Waals surface area contributed by atoms with Crippen LogP contribution in [0.1, 0.15) is 72.6 Å². The maximum atomic E-state index is 13.1. The molecule has 1 unspecified atom stereocenters. The van der Waals surface area contributed by atoms with Crippen LogP contribution in [0.4, 0.5) is 0 Å². The molecule has 18 heteroatoms. The van der Waals surface area contributed by atoms with Gasteiger partial charge < -0.3 is 80.5 Å². The van der Waals surface area contributed by atoms with Gasteiger partial charge in [0.25, 0.3) is 0 Å². The molecule has 0 radical (unpaired) electrons. The number of methoxy groups -OCH3 is 1. The van der Waals surface area contributed by atoms with Crippen LogP contribution >= 0.6 is 0 Å². The molecule has 0 aliphatic carbocycles. The Bertz CT molecular complexity index is 1670. The molecular formula is C48H75NO17. The number of aliphatic hydroxyl groups excluding tert-OH is 10. The van der Waals surface area contributed by atoms with E-state index in [-0.39, 0.29) is 38.0 Å². The van der Waals surface area contributed by atoms with Gasteiger partial charge in [-0.2, -0.15) is 0 Å². The average molecular weight is 938 g/mol. The lowest BCUT2D eigenvalue weighted by Crippen LogP contribution is -2.61. The molecule has 2 saturated heterocycles. The SMILES string of the molecule is COC(=O)[C@H]1[C@@H]2C[C@@H](O[C@H]3O[C@H](C)[C@@H](O)[C@H](N)[C@@H]3O)/C=C/C=C/C=C/C=C/C=C/C=C/C=C\[C@H](C)[C@@H](O)[C@@H](C)[C@H](C)OC(=O)C[C@H](O)C[C@H](O)CC[C@@H](O)[C@H](O)C[C@H](O)[C@@H](O)C(C[C@@H]1O)O2. The molecule has 0 aromatic carbocycles. The van der Waals surface area contributed by atoms with Gasteiger partial charge in [-0.05, 0) is 33.1 Å². The van der Waals surface area contributed by atoms with Crippen molar-refractivity contribution in [3.05, 3.63) is 85.1 Å². The zero-order chi connectivity index (χ0) is 49.1. The normalized spacial score (nSPS) is 44.9. The fraction of sp³-hybridized carbons (Fsp3) is 0.667. The summed E-state index contributed by atoms with van der Waals surface area (Å²) in [7, 11) is 1.13. The van der Waals surface area contributed by atoms with E-state index in [4.69, 9.17) is 29.4 Å². The maximum absolute atomic E-state index is 13.1. The van der Waals surface area contributed by atoms with Crippen LogP contribution in [-0.4, -0.2) is 174 Å². The summed E-state index contributed by atoms with van der Waals surface area (Å²) in [6.07, 6.45) is 2.25. The summed E-state index contributed by atoms with van der Waals surface area (Å²) in [5.41, 5.74) is 6.05. The van der Waals surface area contributed by atoms with E-state index in [0.29, 0.717) is 0 Å². The molecule has 2 fully saturated rings. The van der Waals surface area contributed by atoms with E-state index in [2.05, 4.69) is 0 Å². The lowest BCUT2D eigenvalue weighted by molar-refractivity contribution is -0.280. The quantitative estimate of drug-likeness (QED) is 0.171. The molecule has 3 aliphatic heterocycles. The average Bonchev–Trinajstić information content (AvgIpc) is 3.27. The Morgan fingerprint density at radius 1 is 0.591 bits per heavy atom. The topological polar surface area (TPSA) is 309 Å². The van der Waals surface area contributed by atoms with Crippen LogP contribution in [0, 0.1) is 17.8 Å². The Balaban J connectivity index is 1.88. The van der Waals surface area contributed by atoms with Crippen LogP contribution in [0.15, 0.2) is 85.1 Å². The third kappa shape index (κ3) is 18.2. The number of rotatable bonds is 3. The van der Waals surface area contributed by atoms with E-state index in [1.165, 1.54) is 0 Å². The molecule has 3 aliphatic rings. The summed E-state index contributed by atoms with van der Waals surface area (Å²) in [6.45, 7) is 6.78. The highest BCUT2D eigenvalue weighted by atomic mass is 16.7. The Hall–Kier alpha value is -3.44. The summed E-state index contributed by atoms with van der Waals surface area (Å²) in [5, 5.41) is 108. The number of hydrogen-bond acceptors (Lipinski definition) is 18. The largest absolute Gasteiger partial charge is 0.469 e. The lowest BCUT2D eigenvalue weighted by atomic mass is 9.83. The van der Waals surface area contributed by atoms with E-state index in [1.54, 1.807) is 75.5 Å². The first-order valence-corrected chi connectivity index (χ1v) is 22.7. The molecule has 3 rings (SSSR count). The van der Waals surface area contributed by atoms with E-state index < -0.39 is 141 Å². The van der Waals surface area contributed by atoms with Crippen molar-refractivity contribution in [1.82, 2.24) is 0 Å². The van der Waals surface area contributed by atoms with Crippen LogP contribution in [-0.2, 0) is 33.3 Å². The second-order valence-corrected chi connectivity index (χ2v) is 17.6. The molecule has 66 heavy (non-hydrogen) atoms. The predicted octanol–water partition coefficient (Wildman–Crippen LogP) is 0.451. The number of hydrogen-bond donors (Lipinski definition) is 11. The highest BCUT2D eigenvalue weighted by molar-refractivity contribution is 5.74. The molecule has 0 aromatic rings. The van der Waals surface area contributed by atoms with Crippen molar-refractivity contribution >= 4 is 11.9 Å². The van der Waals surface area contributed by atoms with Gasteiger partial charge in [0.05, 0.1) is 92.8 Å². The minimum atomic E-state index is -1.75. The summed E-state index contributed by atoms with van der Waals surface area (Å²) >= 11 is 0. The monoisotopic (exact) mass is 938 g/mol. The lowest BCUT2D eigenvalue weighted by Gasteiger charge is -2.43. The second kappa shape index (κ2) is 28.8. The standard InChI is InChI=1S/C48H75NO17/c1-27-18-16-14-12-10-8-6-7-9-11-13-15-17-19-33(65-48-46(60)42(49)44(58)30(4)64-48)24-38-41(47(61)62-5)36(54)26-39(66-38)45(59)37(55)25-35(53)34(52)21-20-31(50)22-32(51)23-40(56)63-29(3)28(2)43(27)57/h6-19,27-39,41-46,48,50-55,57-60H,20-26,49H2,1-5H3/b7-6+,10-8+,11-9+,14-12+,15-13+,18-16-,19-17+/t27-,28-,29-,30+,31+,32+,33-,34+,35+,36-,37-,38-,39?,41+,42-,43+,44+,45+,46-,48+/m0/s1. The van der Waals surface area contributed by atoms with Gasteiger partial charge in [-0.1, -0.05) is 98.9 Å². The van der Waals surface area contributed by atoms with E-state index in [1.807, 2.05) is 37.3 Å². The molecule has 2 bridgehead atoms. The Kier molecular flexibility index (Phi) is 24.8. The Labute approximate surface area is 387 Å². The molecule has 0 saturated carbocycles. The first-order valence-electron chi connectivity index (χ1n) is 22.7. The molecule has 12 N–H and O–H groups in total. The number of fused-ring (bicyclic) bond motifs is 2. The Morgan fingerprint density at radius 2 is 1.17 bits per heavy atom. The van der Waals surface area contributed by atoms with Crippen molar-refractivity contribution < 1.29 is 84.3 Å². The smallest absolute Gasteiger partial charge is 0.313 e. The number of allylic oxidation sites excluding steroid dienone is 12. The summed E-state index contributed by atoms with van der Waals surface area (Å²) in [4.78, 5) is 25.7. The van der Waals surface area contributed by atoms with Gasteiger partial charge in [0.15, 0.2) is 6.29 Å². The first-order chi connectivity index (χ1) is 31.2. The minimum Gasteiger partial charge on any atom is -0.469 e. The third-order valence-corrected chi connectivity index (χ3v) is 12.3. The summed E-state index contributed by atoms with van der Waals surface area (Å²) < 4.78 is 28.5. The number of aliphatic hydroxyl groups is 10. The van der Waals surface area contributed by atoms with E-state index in [0.717, 1.165) is 7.11 Å². The zero-order valence-corrected chi connectivity index (χ0v) is 38.5. The van der Waals surface area contributed by atoms with Crippen molar-refractivity contribution in [3.63, 3.8) is 0 Å². The van der Waals surface area contributed by atoms with Gasteiger partial charge in [0.2, 0.25) is 0 Å². The van der Waals surface area contributed by atoms with Gasteiger partial charge in [-0.3, -0.25) is 9.59 Å². The van der Waals surface area contributed by atoms with Crippen LogP contribution < -0.4 is 5.73 Å². The molecule has 3 heterocycles. The van der Waals surface area contributed by atoms with Gasteiger partial charge >= 0.3 is 11.9 Å². The first kappa shape index (κ1) is 56.9. The maximum Gasteiger partial charge on any atom is 0.313 e. The number of cyclic esters (lactones) is 1. The molecule has 18 nitrogen and oxygen atoms in total. The third-order valence-electron chi connectivity index (χ3n) is 12.3. The molecular weight excluding hydrogens is 863 g/mol. The van der Waals surface area contributed by atoms with Crippen LogP contribution in [0.25, 0.3) is 0 Å². The minimum absolute atomic E-state index is 0.108. The number of carbonyl (C=O) groups is 2. The van der Waals surface area contributed by atoms with Crippen LogP contribution in [0.3, 0.4) is 0 Å². The molecule has 0 amide bonds. The second-order valence-electron chi connectivity index (χ2n) is 17.6. The number of carbonyl (C=O) groups excluding carboxylic acids is 2. The van der Waals surface area contributed by atoms with Crippen molar-refractivity contribution in [3.8, 4) is 0 Å². The summed E-state index contributed by atoms with van der Waals surface area (Å²) in [5.74, 6) is -3.58. The fourth-order valence-electron chi connectivity index (χ4n) is 7.98. The van der Waals surface area contributed by atoms with Crippen molar-refractivity contribution in [2.75, 3.05) is 7.11 Å². The number of nitrogens with two attached hydrogens (primary N) is 1. The highest BCUT2D eigenvalue weighted by Crippen LogP contribution is 2.34. The predicted molar refractivity (Wildman–Crippen MR) is 242 cm³/mol. The number of esters is 2. The van der Waals surface area contributed by atoms with E-state index >= 15 is 0 Å². The molecule has 374 valence electrons. The Morgan fingerprint density at radius 3 is 1.76 bits per heavy atom. The highest BCUT2D eigenvalue weighted by Gasteiger charge is 2.48. The van der Waals surface area contributed by atoms with Crippen LogP contribution in [0.5, 0.6) is 0 Å². The molecule has 0 spiro atoms. The van der Waals surface area contributed by atoms with Crippen LogP contribution in [0.2, 0.25) is 0 Å². The van der Waals surface area contributed by atoms with Gasteiger partial charge in [-0.15, -0.1) is 0 Å². The van der Waals surface area contributed by atoms with Crippen molar-refractivity contribution in [2.24, 2.45) is 23.5 Å².